The van der Waals surface area contributed by atoms with E-state index < -0.39 is 0 Å². The molecule has 0 aliphatic heterocycles. The van der Waals surface area contributed by atoms with Crippen molar-refractivity contribution in [2.24, 2.45) is 11.7 Å². The Morgan fingerprint density at radius 3 is 2.89 bits per heavy atom. The number of hydrogen-bond acceptors (Lipinski definition) is 4. The molecule has 4 heteroatoms. The third kappa shape index (κ3) is 7.09. The lowest BCUT2D eigenvalue weighted by atomic mass is 9.94. The normalized spacial score (nSPS) is 12.8. The van der Waals surface area contributed by atoms with E-state index in [1.165, 1.54) is 37.1 Å². The molecule has 3 N–H and O–H groups in total. The molecule has 1 heterocycles. The Morgan fingerprint density at radius 1 is 1.33 bits per heavy atom. The van der Waals surface area contributed by atoms with Crippen LogP contribution in [0.3, 0.4) is 0 Å². The summed E-state index contributed by atoms with van der Waals surface area (Å²) in [6.07, 6.45) is 9.31. The van der Waals surface area contributed by atoms with Gasteiger partial charge in [0.25, 0.3) is 0 Å². The third-order valence-corrected chi connectivity index (χ3v) is 4.08. The number of rotatable bonds is 11. The standard InChI is InChI=1S/C14H27N3S/c1-2-4-13(6-8-15)5-3-9-16-10-7-14-17-11-12-18-14/h11-13,16H,2-10,15H2,1H3. The van der Waals surface area contributed by atoms with Crippen molar-refractivity contribution in [3.05, 3.63) is 16.6 Å². The van der Waals surface area contributed by atoms with Crippen molar-refractivity contribution in [3.63, 3.8) is 0 Å². The van der Waals surface area contributed by atoms with Crippen molar-refractivity contribution in [2.75, 3.05) is 19.6 Å². The van der Waals surface area contributed by atoms with Gasteiger partial charge in [-0.05, 0) is 38.3 Å². The summed E-state index contributed by atoms with van der Waals surface area (Å²) in [6, 6.07) is 0. The van der Waals surface area contributed by atoms with Crippen LogP contribution in [-0.4, -0.2) is 24.6 Å². The molecular formula is C14H27N3S. The molecule has 0 saturated carbocycles. The number of nitrogens with two attached hydrogens (primary N) is 1. The lowest BCUT2D eigenvalue weighted by Crippen LogP contribution is -2.19. The fourth-order valence-corrected chi connectivity index (χ4v) is 2.91. The zero-order valence-corrected chi connectivity index (χ0v) is 12.3. The van der Waals surface area contributed by atoms with Gasteiger partial charge in [0, 0.05) is 24.5 Å². The maximum Gasteiger partial charge on any atom is 0.0937 e. The average Bonchev–Trinajstić information content (AvgIpc) is 2.87. The largest absolute Gasteiger partial charge is 0.330 e. The van der Waals surface area contributed by atoms with Gasteiger partial charge < -0.3 is 11.1 Å². The van der Waals surface area contributed by atoms with Crippen molar-refractivity contribution in [2.45, 2.75) is 45.4 Å². The van der Waals surface area contributed by atoms with E-state index in [1.54, 1.807) is 11.3 Å². The molecule has 0 spiro atoms. The van der Waals surface area contributed by atoms with Gasteiger partial charge in [-0.1, -0.05) is 19.8 Å². The molecule has 18 heavy (non-hydrogen) atoms. The van der Waals surface area contributed by atoms with Crippen LogP contribution < -0.4 is 11.1 Å². The monoisotopic (exact) mass is 269 g/mol. The number of nitrogens with one attached hydrogen (secondary N) is 1. The molecule has 3 nitrogen and oxygen atoms in total. The van der Waals surface area contributed by atoms with Crippen LogP contribution in [0.5, 0.6) is 0 Å². The Morgan fingerprint density at radius 2 is 2.22 bits per heavy atom. The van der Waals surface area contributed by atoms with Crippen molar-refractivity contribution in [3.8, 4) is 0 Å². The molecule has 1 rings (SSSR count). The van der Waals surface area contributed by atoms with Crippen LogP contribution in [0.1, 0.15) is 44.0 Å². The van der Waals surface area contributed by atoms with Gasteiger partial charge in [-0.15, -0.1) is 11.3 Å². The highest BCUT2D eigenvalue weighted by Gasteiger charge is 2.05. The molecule has 0 aromatic carbocycles. The summed E-state index contributed by atoms with van der Waals surface area (Å²) >= 11 is 1.74. The average molecular weight is 269 g/mol. The molecule has 0 aliphatic carbocycles. The van der Waals surface area contributed by atoms with Crippen molar-refractivity contribution in [1.29, 1.82) is 0 Å². The number of thiazole rings is 1. The minimum atomic E-state index is 0.834. The van der Waals surface area contributed by atoms with Crippen molar-refractivity contribution < 1.29 is 0 Å². The van der Waals surface area contributed by atoms with Gasteiger partial charge in [0.05, 0.1) is 5.01 Å². The highest BCUT2D eigenvalue weighted by molar-refractivity contribution is 7.09. The summed E-state index contributed by atoms with van der Waals surface area (Å²) in [5, 5.41) is 6.77. The van der Waals surface area contributed by atoms with Crippen LogP contribution in [0.4, 0.5) is 0 Å². The molecule has 1 aromatic heterocycles. The van der Waals surface area contributed by atoms with Crippen LogP contribution >= 0.6 is 11.3 Å². The summed E-state index contributed by atoms with van der Waals surface area (Å²) in [5.74, 6) is 0.834. The number of aromatic nitrogens is 1. The summed E-state index contributed by atoms with van der Waals surface area (Å²) in [6.45, 7) is 5.26. The summed E-state index contributed by atoms with van der Waals surface area (Å²) in [5.41, 5.74) is 5.64. The first-order valence-electron chi connectivity index (χ1n) is 7.16. The topological polar surface area (TPSA) is 50.9 Å². The smallest absolute Gasteiger partial charge is 0.0937 e. The fraction of sp³-hybridized carbons (Fsp3) is 0.786. The minimum Gasteiger partial charge on any atom is -0.330 e. The van der Waals surface area contributed by atoms with E-state index >= 15 is 0 Å². The second-order valence-corrected chi connectivity index (χ2v) is 5.78. The van der Waals surface area contributed by atoms with Gasteiger partial charge in [-0.3, -0.25) is 0 Å². The summed E-state index contributed by atoms with van der Waals surface area (Å²) < 4.78 is 0. The highest BCUT2D eigenvalue weighted by Crippen LogP contribution is 2.16. The van der Waals surface area contributed by atoms with Gasteiger partial charge in [-0.25, -0.2) is 4.98 Å². The van der Waals surface area contributed by atoms with Gasteiger partial charge in [0.2, 0.25) is 0 Å². The highest BCUT2D eigenvalue weighted by atomic mass is 32.1. The Balaban J connectivity index is 1.96. The molecule has 1 unspecified atom stereocenters. The molecule has 1 aromatic rings. The quantitative estimate of drug-likeness (QED) is 0.607. The Labute approximate surface area is 115 Å². The molecule has 0 aliphatic rings. The Bertz CT molecular complexity index is 269. The van der Waals surface area contributed by atoms with Gasteiger partial charge in [0.15, 0.2) is 0 Å². The predicted molar refractivity (Wildman–Crippen MR) is 80.0 cm³/mol. The molecule has 0 amide bonds. The van der Waals surface area contributed by atoms with Crippen LogP contribution in [0, 0.1) is 5.92 Å². The van der Waals surface area contributed by atoms with Gasteiger partial charge in [-0.2, -0.15) is 0 Å². The number of nitrogens with zero attached hydrogens (tertiary/aromatic N) is 1. The lowest BCUT2D eigenvalue weighted by molar-refractivity contribution is 0.404. The van der Waals surface area contributed by atoms with E-state index in [2.05, 4.69) is 17.2 Å². The first-order valence-corrected chi connectivity index (χ1v) is 8.04. The maximum absolute atomic E-state index is 5.64. The van der Waals surface area contributed by atoms with E-state index in [1.807, 2.05) is 11.6 Å². The Hall–Kier alpha value is -0.450. The molecule has 104 valence electrons. The van der Waals surface area contributed by atoms with Gasteiger partial charge >= 0.3 is 0 Å². The molecular weight excluding hydrogens is 242 g/mol. The second kappa shape index (κ2) is 10.5. The lowest BCUT2D eigenvalue weighted by Gasteiger charge is -2.14. The third-order valence-electron chi connectivity index (χ3n) is 3.24. The molecule has 0 saturated heterocycles. The maximum atomic E-state index is 5.64. The van der Waals surface area contributed by atoms with E-state index in [0.717, 1.165) is 32.0 Å². The van der Waals surface area contributed by atoms with Gasteiger partial charge in [0.1, 0.15) is 0 Å². The van der Waals surface area contributed by atoms with Crippen molar-refractivity contribution in [1.82, 2.24) is 10.3 Å². The van der Waals surface area contributed by atoms with Crippen LogP contribution in [0.25, 0.3) is 0 Å². The molecule has 0 bridgehead atoms. The van der Waals surface area contributed by atoms with Crippen molar-refractivity contribution >= 4 is 11.3 Å². The minimum absolute atomic E-state index is 0.834. The van der Waals surface area contributed by atoms with E-state index in [4.69, 9.17) is 5.73 Å². The Kier molecular flexibility index (Phi) is 9.08. The van der Waals surface area contributed by atoms with E-state index in [0.29, 0.717) is 0 Å². The number of hydrogen-bond donors (Lipinski definition) is 2. The zero-order valence-electron chi connectivity index (χ0n) is 11.5. The summed E-state index contributed by atoms with van der Waals surface area (Å²) in [7, 11) is 0. The zero-order chi connectivity index (χ0) is 13.1. The molecule has 0 fully saturated rings. The second-order valence-electron chi connectivity index (χ2n) is 4.80. The van der Waals surface area contributed by atoms with Crippen LogP contribution in [0.2, 0.25) is 0 Å². The van der Waals surface area contributed by atoms with E-state index in [-0.39, 0.29) is 0 Å². The van der Waals surface area contributed by atoms with Crippen LogP contribution in [-0.2, 0) is 6.42 Å². The predicted octanol–water partition coefficient (Wildman–Crippen LogP) is 2.82. The first-order chi connectivity index (χ1) is 8.86. The SMILES string of the molecule is CCCC(CCN)CCCNCCc1nccs1. The van der Waals surface area contributed by atoms with Crippen LogP contribution in [0.15, 0.2) is 11.6 Å². The van der Waals surface area contributed by atoms with E-state index in [9.17, 15) is 0 Å². The molecule has 0 radical (unpaired) electrons. The first kappa shape index (κ1) is 15.6. The molecule has 1 atom stereocenters. The summed E-state index contributed by atoms with van der Waals surface area (Å²) in [4.78, 5) is 4.28. The fourth-order valence-electron chi connectivity index (χ4n) is 2.29.